The standard InChI is InChI=1S/C17H20FNO2/c1-2-19-17(12-20,14-7-4-3-5-8-14)13-21-16-10-6-9-15(18)11-16/h3-11,19-20H,2,12-13H2,1H3. The van der Waals surface area contributed by atoms with Crippen LogP contribution in [0.5, 0.6) is 5.75 Å². The molecule has 2 aromatic carbocycles. The third kappa shape index (κ3) is 3.80. The van der Waals surface area contributed by atoms with Crippen LogP contribution in [0.1, 0.15) is 12.5 Å². The summed E-state index contributed by atoms with van der Waals surface area (Å²) in [6.45, 7) is 2.75. The fraction of sp³-hybridized carbons (Fsp3) is 0.294. The minimum atomic E-state index is -0.706. The average molecular weight is 289 g/mol. The third-order valence-corrected chi connectivity index (χ3v) is 3.39. The van der Waals surface area contributed by atoms with Gasteiger partial charge in [-0.05, 0) is 24.2 Å². The molecule has 3 nitrogen and oxygen atoms in total. The van der Waals surface area contributed by atoms with Crippen molar-refractivity contribution in [2.45, 2.75) is 12.5 Å². The van der Waals surface area contributed by atoms with Crippen molar-refractivity contribution in [1.29, 1.82) is 0 Å². The topological polar surface area (TPSA) is 41.5 Å². The van der Waals surface area contributed by atoms with E-state index in [-0.39, 0.29) is 19.0 Å². The van der Waals surface area contributed by atoms with Crippen LogP contribution in [0, 0.1) is 5.82 Å². The van der Waals surface area contributed by atoms with E-state index in [1.54, 1.807) is 12.1 Å². The Morgan fingerprint density at radius 2 is 1.90 bits per heavy atom. The van der Waals surface area contributed by atoms with E-state index in [0.717, 1.165) is 5.56 Å². The Balaban J connectivity index is 2.20. The van der Waals surface area contributed by atoms with Gasteiger partial charge in [-0.2, -0.15) is 0 Å². The first-order chi connectivity index (χ1) is 10.2. The van der Waals surface area contributed by atoms with Crippen LogP contribution in [-0.2, 0) is 5.54 Å². The highest BCUT2D eigenvalue weighted by Gasteiger charge is 2.31. The molecule has 0 heterocycles. The SMILES string of the molecule is CCNC(CO)(COc1cccc(F)c1)c1ccccc1. The fourth-order valence-corrected chi connectivity index (χ4v) is 2.29. The molecule has 0 spiro atoms. The Labute approximate surface area is 124 Å². The highest BCUT2D eigenvalue weighted by atomic mass is 19.1. The lowest BCUT2D eigenvalue weighted by atomic mass is 9.91. The van der Waals surface area contributed by atoms with Gasteiger partial charge in [0, 0.05) is 6.07 Å². The van der Waals surface area contributed by atoms with Gasteiger partial charge >= 0.3 is 0 Å². The summed E-state index contributed by atoms with van der Waals surface area (Å²) in [5, 5.41) is 13.2. The number of nitrogens with one attached hydrogen (secondary N) is 1. The van der Waals surface area contributed by atoms with Gasteiger partial charge in [0.1, 0.15) is 23.7 Å². The zero-order chi connectivity index (χ0) is 15.1. The molecule has 4 heteroatoms. The maximum atomic E-state index is 13.2. The second-order valence-electron chi connectivity index (χ2n) is 4.88. The number of aliphatic hydroxyl groups excluding tert-OH is 1. The van der Waals surface area contributed by atoms with Crippen molar-refractivity contribution in [3.63, 3.8) is 0 Å². The number of halogens is 1. The minimum absolute atomic E-state index is 0.111. The Morgan fingerprint density at radius 3 is 2.52 bits per heavy atom. The van der Waals surface area contributed by atoms with E-state index in [9.17, 15) is 9.50 Å². The molecule has 0 radical (unpaired) electrons. The molecule has 0 bridgehead atoms. The van der Waals surface area contributed by atoms with Gasteiger partial charge in [0.15, 0.2) is 0 Å². The molecule has 1 unspecified atom stereocenters. The Kier molecular flexibility index (Phi) is 5.31. The monoisotopic (exact) mass is 289 g/mol. The summed E-state index contributed by atoms with van der Waals surface area (Å²) in [6.07, 6.45) is 0. The summed E-state index contributed by atoms with van der Waals surface area (Å²) in [4.78, 5) is 0. The number of likely N-dealkylation sites (N-methyl/N-ethyl adjacent to an activating group) is 1. The molecule has 0 aromatic heterocycles. The van der Waals surface area contributed by atoms with Crippen molar-refractivity contribution in [2.24, 2.45) is 0 Å². The van der Waals surface area contributed by atoms with Crippen molar-refractivity contribution in [3.05, 3.63) is 66.0 Å². The van der Waals surface area contributed by atoms with E-state index in [1.165, 1.54) is 12.1 Å². The molecule has 0 aliphatic rings. The highest BCUT2D eigenvalue weighted by Crippen LogP contribution is 2.23. The maximum Gasteiger partial charge on any atom is 0.126 e. The molecule has 1 atom stereocenters. The Bertz CT molecular complexity index is 562. The van der Waals surface area contributed by atoms with Crippen LogP contribution in [0.4, 0.5) is 4.39 Å². The van der Waals surface area contributed by atoms with Gasteiger partial charge in [0.25, 0.3) is 0 Å². The molecule has 0 fully saturated rings. The Hall–Kier alpha value is -1.91. The first kappa shape index (κ1) is 15.5. The van der Waals surface area contributed by atoms with Gasteiger partial charge in [-0.1, -0.05) is 43.3 Å². The van der Waals surface area contributed by atoms with Crippen LogP contribution in [-0.4, -0.2) is 24.9 Å². The molecule has 0 aliphatic carbocycles. The normalized spacial score (nSPS) is 13.7. The van der Waals surface area contributed by atoms with Crippen molar-refractivity contribution >= 4 is 0 Å². The van der Waals surface area contributed by atoms with Crippen molar-refractivity contribution in [1.82, 2.24) is 5.32 Å². The zero-order valence-corrected chi connectivity index (χ0v) is 12.1. The lowest BCUT2D eigenvalue weighted by Gasteiger charge is -2.33. The summed E-state index contributed by atoms with van der Waals surface area (Å²) in [7, 11) is 0. The van der Waals surface area contributed by atoms with E-state index < -0.39 is 5.54 Å². The van der Waals surface area contributed by atoms with E-state index in [4.69, 9.17) is 4.74 Å². The van der Waals surface area contributed by atoms with Gasteiger partial charge in [0.05, 0.1) is 6.61 Å². The van der Waals surface area contributed by atoms with Crippen LogP contribution in [0.15, 0.2) is 54.6 Å². The van der Waals surface area contributed by atoms with Gasteiger partial charge < -0.3 is 15.2 Å². The van der Waals surface area contributed by atoms with Crippen LogP contribution < -0.4 is 10.1 Å². The molecule has 0 amide bonds. The summed E-state index contributed by atoms with van der Waals surface area (Å²) < 4.78 is 18.9. The average Bonchev–Trinajstić information content (AvgIpc) is 2.52. The van der Waals surface area contributed by atoms with Crippen LogP contribution in [0.2, 0.25) is 0 Å². The molecule has 0 saturated carbocycles. The minimum Gasteiger partial charge on any atom is -0.491 e. The van der Waals surface area contributed by atoms with E-state index in [1.807, 2.05) is 37.3 Å². The smallest absolute Gasteiger partial charge is 0.126 e. The first-order valence-electron chi connectivity index (χ1n) is 7.00. The van der Waals surface area contributed by atoms with Gasteiger partial charge in [0.2, 0.25) is 0 Å². The maximum absolute atomic E-state index is 13.2. The molecule has 2 N–H and O–H groups in total. The molecule has 2 aromatic rings. The molecular formula is C17H20FNO2. The van der Waals surface area contributed by atoms with E-state index in [2.05, 4.69) is 5.32 Å². The molecule has 21 heavy (non-hydrogen) atoms. The summed E-state index contributed by atoms with van der Waals surface area (Å²) in [6, 6.07) is 15.6. The number of ether oxygens (including phenoxy) is 1. The van der Waals surface area contributed by atoms with Gasteiger partial charge in [-0.15, -0.1) is 0 Å². The fourth-order valence-electron chi connectivity index (χ4n) is 2.29. The lowest BCUT2D eigenvalue weighted by molar-refractivity contribution is 0.102. The van der Waals surface area contributed by atoms with E-state index >= 15 is 0 Å². The zero-order valence-electron chi connectivity index (χ0n) is 12.1. The highest BCUT2D eigenvalue weighted by molar-refractivity contribution is 5.27. The van der Waals surface area contributed by atoms with Crippen LogP contribution in [0.3, 0.4) is 0 Å². The van der Waals surface area contributed by atoms with Crippen molar-refractivity contribution in [2.75, 3.05) is 19.8 Å². The van der Waals surface area contributed by atoms with E-state index in [0.29, 0.717) is 12.3 Å². The quantitative estimate of drug-likeness (QED) is 0.823. The van der Waals surface area contributed by atoms with Crippen molar-refractivity contribution < 1.29 is 14.2 Å². The Morgan fingerprint density at radius 1 is 1.14 bits per heavy atom. The second-order valence-corrected chi connectivity index (χ2v) is 4.88. The number of hydrogen-bond acceptors (Lipinski definition) is 3. The molecule has 2 rings (SSSR count). The molecular weight excluding hydrogens is 269 g/mol. The second kappa shape index (κ2) is 7.20. The predicted octanol–water partition coefficient (Wildman–Crippen LogP) is 2.70. The largest absolute Gasteiger partial charge is 0.491 e. The van der Waals surface area contributed by atoms with Crippen molar-refractivity contribution in [3.8, 4) is 5.75 Å². The number of hydrogen-bond donors (Lipinski definition) is 2. The molecule has 0 aliphatic heterocycles. The van der Waals surface area contributed by atoms with Crippen LogP contribution in [0.25, 0.3) is 0 Å². The summed E-state index contributed by atoms with van der Waals surface area (Å²) in [5.74, 6) is 0.104. The summed E-state index contributed by atoms with van der Waals surface area (Å²) in [5.41, 5.74) is 0.230. The molecule has 112 valence electrons. The van der Waals surface area contributed by atoms with Crippen LogP contribution >= 0.6 is 0 Å². The predicted molar refractivity (Wildman–Crippen MR) is 80.8 cm³/mol. The first-order valence-corrected chi connectivity index (χ1v) is 7.00. The number of benzene rings is 2. The molecule has 0 saturated heterocycles. The van der Waals surface area contributed by atoms with Gasteiger partial charge in [-0.25, -0.2) is 4.39 Å². The summed E-state index contributed by atoms with van der Waals surface area (Å²) >= 11 is 0. The van der Waals surface area contributed by atoms with Gasteiger partial charge in [-0.3, -0.25) is 0 Å². The third-order valence-electron chi connectivity index (χ3n) is 3.39. The lowest BCUT2D eigenvalue weighted by Crippen LogP contribution is -2.50. The number of rotatable bonds is 7. The number of aliphatic hydroxyl groups is 1.